The number of benzene rings is 3. The minimum atomic E-state index is -0.828. The third-order valence-corrected chi connectivity index (χ3v) is 9.81. The van der Waals surface area contributed by atoms with Crippen LogP contribution in [0.25, 0.3) is 0 Å². The van der Waals surface area contributed by atoms with Gasteiger partial charge in [0, 0.05) is 24.1 Å². The second-order valence-electron chi connectivity index (χ2n) is 13.3. The number of imide groups is 1. The van der Waals surface area contributed by atoms with Crippen molar-refractivity contribution in [1.29, 1.82) is 0 Å². The van der Waals surface area contributed by atoms with Crippen molar-refractivity contribution in [2.24, 2.45) is 0 Å². The van der Waals surface area contributed by atoms with Crippen LogP contribution in [0.1, 0.15) is 99.2 Å². The van der Waals surface area contributed by atoms with Gasteiger partial charge in [0.15, 0.2) is 5.75 Å². The summed E-state index contributed by atoms with van der Waals surface area (Å²) < 4.78 is 26.6. The Kier molecular flexibility index (Phi) is 13.0. The molecule has 0 bridgehead atoms. The highest BCUT2D eigenvalue weighted by atomic mass is 19.1. The standard InChI is InChI=1S/C41H39FN4O6.2CH4/c42-29-10-5-26(6-11-29)35-17-9-28-22-31(47)13-18-36(28)40(35)27-7-14-32(15-8-27)51-21-3-1-2-4-30-12-16-33(24-43-30)52-34-23-39(49)46(44-25-34)37-19-20-38(48)45-41(37)50;;/h5-8,10-16,18,22-25,35,37,40,47H,1-4,9,17,19-21H2,(H,45,48,50);2*1H4/t35-,37?,40+;;/m1../s1. The number of halogens is 1. The Morgan fingerprint density at radius 2 is 1.56 bits per heavy atom. The first-order valence-corrected chi connectivity index (χ1v) is 17.7. The van der Waals surface area contributed by atoms with E-state index >= 15 is 0 Å². The van der Waals surface area contributed by atoms with Crippen molar-refractivity contribution in [2.75, 3.05) is 6.61 Å². The number of pyridine rings is 1. The molecule has 1 aliphatic heterocycles. The SMILES string of the molecule is C.C.O=C1CCC(n2ncc(Oc3ccc(CCCCCOc4ccc([C@@H]5c6ccc(O)cc6CC[C@@H]5c5ccc(F)cc5)cc4)nc3)cc2=O)C(=O)N1. The lowest BCUT2D eigenvalue weighted by molar-refractivity contribution is -0.136. The molecule has 2 aromatic heterocycles. The topological polar surface area (TPSA) is 133 Å². The van der Waals surface area contributed by atoms with Crippen molar-refractivity contribution in [1.82, 2.24) is 20.1 Å². The fourth-order valence-electron chi connectivity index (χ4n) is 7.20. The molecule has 11 heteroatoms. The van der Waals surface area contributed by atoms with Crippen molar-refractivity contribution >= 4 is 11.8 Å². The number of amides is 2. The summed E-state index contributed by atoms with van der Waals surface area (Å²) in [7, 11) is 0. The van der Waals surface area contributed by atoms with E-state index in [-0.39, 0.29) is 62.8 Å². The van der Waals surface area contributed by atoms with Gasteiger partial charge in [-0.3, -0.25) is 24.7 Å². The summed E-state index contributed by atoms with van der Waals surface area (Å²) in [6, 6.07) is 24.8. The van der Waals surface area contributed by atoms with E-state index < -0.39 is 17.5 Å². The number of piperidine rings is 1. The molecule has 0 saturated carbocycles. The number of hydrogen-bond acceptors (Lipinski definition) is 8. The molecule has 10 nitrogen and oxygen atoms in total. The number of nitrogens with one attached hydrogen (secondary N) is 1. The van der Waals surface area contributed by atoms with E-state index in [2.05, 4.69) is 27.5 Å². The second kappa shape index (κ2) is 17.8. The Labute approximate surface area is 315 Å². The molecule has 1 unspecified atom stereocenters. The molecule has 7 rings (SSSR count). The van der Waals surface area contributed by atoms with Crippen LogP contribution in [-0.4, -0.2) is 38.3 Å². The summed E-state index contributed by atoms with van der Waals surface area (Å²) in [4.78, 5) is 40.6. The number of carbonyl (C=O) groups is 2. The quantitative estimate of drug-likeness (QED) is 0.0969. The average molecular weight is 735 g/mol. The van der Waals surface area contributed by atoms with E-state index in [1.807, 2.05) is 42.5 Å². The van der Waals surface area contributed by atoms with E-state index in [9.17, 15) is 23.9 Å². The van der Waals surface area contributed by atoms with Crippen molar-refractivity contribution in [3.63, 3.8) is 0 Å². The van der Waals surface area contributed by atoms with Gasteiger partial charge >= 0.3 is 0 Å². The van der Waals surface area contributed by atoms with Gasteiger partial charge in [0.25, 0.3) is 11.5 Å². The number of phenols is 1. The predicted molar refractivity (Wildman–Crippen MR) is 205 cm³/mol. The summed E-state index contributed by atoms with van der Waals surface area (Å²) in [5.74, 6) is 0.902. The molecule has 2 aliphatic rings. The Morgan fingerprint density at radius 3 is 2.28 bits per heavy atom. The molecule has 0 radical (unpaired) electrons. The van der Waals surface area contributed by atoms with Gasteiger partial charge in [-0.15, -0.1) is 0 Å². The number of unbranched alkanes of at least 4 members (excludes halogenated alkanes) is 2. The molecule has 1 saturated heterocycles. The maximum absolute atomic E-state index is 13.7. The van der Waals surface area contributed by atoms with Crippen molar-refractivity contribution < 1.29 is 28.6 Å². The zero-order valence-corrected chi connectivity index (χ0v) is 28.5. The van der Waals surface area contributed by atoms with Crippen LogP contribution in [0.2, 0.25) is 0 Å². The normalized spacial score (nSPS) is 17.7. The summed E-state index contributed by atoms with van der Waals surface area (Å²) in [5, 5.41) is 16.4. The van der Waals surface area contributed by atoms with Crippen LogP contribution in [0.15, 0.2) is 102 Å². The maximum Gasteiger partial charge on any atom is 0.271 e. The third kappa shape index (κ3) is 9.20. The molecule has 3 heterocycles. The van der Waals surface area contributed by atoms with E-state index in [0.717, 1.165) is 71.3 Å². The average Bonchev–Trinajstić information content (AvgIpc) is 3.14. The molecular formula is C43H47FN4O6. The number of nitrogens with zero attached hydrogens (tertiary/aromatic N) is 3. The number of aromatic nitrogens is 3. The number of hydrogen-bond donors (Lipinski definition) is 2. The molecular weight excluding hydrogens is 687 g/mol. The van der Waals surface area contributed by atoms with Gasteiger partial charge in [0.2, 0.25) is 5.91 Å². The lowest BCUT2D eigenvalue weighted by atomic mass is 9.69. The van der Waals surface area contributed by atoms with Crippen LogP contribution in [-0.2, 0) is 22.4 Å². The first-order valence-electron chi connectivity index (χ1n) is 17.7. The van der Waals surface area contributed by atoms with Crippen molar-refractivity contribution in [3.05, 3.63) is 141 Å². The van der Waals surface area contributed by atoms with Gasteiger partial charge in [-0.05, 0) is 122 Å². The van der Waals surface area contributed by atoms with Crippen LogP contribution in [0, 0.1) is 5.82 Å². The Balaban J connectivity index is 0.00000280. The van der Waals surface area contributed by atoms with E-state index in [4.69, 9.17) is 9.47 Å². The zero-order chi connectivity index (χ0) is 36.0. The minimum absolute atomic E-state index is 0. The van der Waals surface area contributed by atoms with Crippen LogP contribution >= 0.6 is 0 Å². The van der Waals surface area contributed by atoms with Gasteiger partial charge in [0.1, 0.15) is 29.1 Å². The Bertz CT molecular complexity index is 2100. The number of ether oxygens (including phenoxy) is 2. The number of aromatic hydroxyl groups is 1. The summed E-state index contributed by atoms with van der Waals surface area (Å²) in [5.41, 5.74) is 5.03. The number of fused-ring (bicyclic) bond motifs is 1. The van der Waals surface area contributed by atoms with E-state index in [1.54, 1.807) is 18.3 Å². The molecule has 5 aromatic rings. The third-order valence-electron chi connectivity index (χ3n) is 9.81. The number of carbonyl (C=O) groups excluding carboxylic acids is 2. The fourth-order valence-corrected chi connectivity index (χ4v) is 7.20. The number of rotatable bonds is 12. The van der Waals surface area contributed by atoms with Gasteiger partial charge in [-0.2, -0.15) is 5.10 Å². The van der Waals surface area contributed by atoms with Crippen molar-refractivity contribution in [2.45, 2.75) is 84.1 Å². The zero-order valence-electron chi connectivity index (χ0n) is 28.5. The highest BCUT2D eigenvalue weighted by Crippen LogP contribution is 2.47. The Morgan fingerprint density at radius 1 is 0.796 bits per heavy atom. The summed E-state index contributed by atoms with van der Waals surface area (Å²) >= 11 is 0. The molecule has 2 N–H and O–H groups in total. The molecule has 3 aromatic carbocycles. The largest absolute Gasteiger partial charge is 0.508 e. The van der Waals surface area contributed by atoms with Gasteiger partial charge in [-0.1, -0.05) is 45.2 Å². The van der Waals surface area contributed by atoms with Crippen LogP contribution in [0.5, 0.6) is 23.0 Å². The molecule has 1 aliphatic carbocycles. The van der Waals surface area contributed by atoms with Crippen LogP contribution < -0.4 is 20.3 Å². The van der Waals surface area contributed by atoms with Gasteiger partial charge < -0.3 is 14.6 Å². The summed E-state index contributed by atoms with van der Waals surface area (Å²) in [6.45, 7) is 0.597. The minimum Gasteiger partial charge on any atom is -0.508 e. The predicted octanol–water partition coefficient (Wildman–Crippen LogP) is 8.18. The van der Waals surface area contributed by atoms with Crippen LogP contribution in [0.4, 0.5) is 4.39 Å². The number of aryl methyl sites for hydroxylation is 2. The van der Waals surface area contributed by atoms with Crippen LogP contribution in [0.3, 0.4) is 0 Å². The first kappa shape index (κ1) is 39.4. The maximum atomic E-state index is 13.7. The lowest BCUT2D eigenvalue weighted by Gasteiger charge is -2.35. The first-order chi connectivity index (χ1) is 25.3. The lowest BCUT2D eigenvalue weighted by Crippen LogP contribution is -2.45. The van der Waals surface area contributed by atoms with E-state index in [0.29, 0.717) is 12.4 Å². The highest BCUT2D eigenvalue weighted by molar-refractivity contribution is 5.99. The smallest absolute Gasteiger partial charge is 0.271 e. The second-order valence-corrected chi connectivity index (χ2v) is 13.3. The van der Waals surface area contributed by atoms with Gasteiger partial charge in [0.05, 0.1) is 19.0 Å². The fraction of sp³-hybridized carbons (Fsp3) is 0.326. The molecule has 1 fully saturated rings. The highest BCUT2D eigenvalue weighted by Gasteiger charge is 2.32. The molecule has 54 heavy (non-hydrogen) atoms. The van der Waals surface area contributed by atoms with Crippen molar-refractivity contribution in [3.8, 4) is 23.0 Å². The Hall–Kier alpha value is -5.84. The molecule has 3 atom stereocenters. The van der Waals surface area contributed by atoms with E-state index in [1.165, 1.54) is 30.0 Å². The monoisotopic (exact) mass is 734 g/mol. The molecule has 282 valence electrons. The number of phenolic OH excluding ortho intramolecular Hbond substituents is 1. The summed E-state index contributed by atoms with van der Waals surface area (Å²) in [6.07, 6.45) is 8.71. The molecule has 2 amide bonds. The van der Waals surface area contributed by atoms with Gasteiger partial charge in [-0.25, -0.2) is 9.07 Å². The molecule has 0 spiro atoms.